The SMILES string of the molecule is C=C(N)[C@H](C#N)C(=O)COC(=O)c1ccc2c(c1)NC(=O)CS2. The first kappa shape index (κ1) is 16.6. The Balaban J connectivity index is 2.03. The molecule has 1 aliphatic rings. The molecule has 3 N–H and O–H groups in total. The maximum atomic E-state index is 12.0. The van der Waals surface area contributed by atoms with Crippen LogP contribution in [0.2, 0.25) is 0 Å². The molecule has 1 aromatic rings. The van der Waals surface area contributed by atoms with E-state index in [1.54, 1.807) is 18.2 Å². The quantitative estimate of drug-likeness (QED) is 0.774. The Hall–Kier alpha value is -2.79. The Bertz CT molecular complexity index is 739. The molecule has 1 heterocycles. The highest BCUT2D eigenvalue weighted by molar-refractivity contribution is 8.00. The molecule has 0 aromatic heterocycles. The number of thioether (sulfide) groups is 1. The monoisotopic (exact) mass is 331 g/mol. The lowest BCUT2D eigenvalue weighted by Gasteiger charge is -2.16. The lowest BCUT2D eigenvalue weighted by atomic mass is 10.0. The van der Waals surface area contributed by atoms with Crippen molar-refractivity contribution >= 4 is 35.1 Å². The Morgan fingerprint density at radius 3 is 2.91 bits per heavy atom. The summed E-state index contributed by atoms with van der Waals surface area (Å²) in [5, 5.41) is 11.5. The molecule has 1 aliphatic heterocycles. The van der Waals surface area contributed by atoms with Crippen LogP contribution in [-0.4, -0.2) is 30.0 Å². The summed E-state index contributed by atoms with van der Waals surface area (Å²) < 4.78 is 4.88. The fourth-order valence-corrected chi connectivity index (χ4v) is 2.66. The van der Waals surface area contributed by atoms with E-state index in [4.69, 9.17) is 15.7 Å². The molecule has 0 radical (unpaired) electrons. The molecule has 1 aromatic carbocycles. The van der Waals surface area contributed by atoms with E-state index in [0.717, 1.165) is 4.90 Å². The largest absolute Gasteiger partial charge is 0.454 e. The number of fused-ring (bicyclic) bond motifs is 1. The van der Waals surface area contributed by atoms with Gasteiger partial charge in [-0.3, -0.25) is 9.59 Å². The van der Waals surface area contributed by atoms with Gasteiger partial charge in [0, 0.05) is 10.6 Å². The summed E-state index contributed by atoms with van der Waals surface area (Å²) in [5.41, 5.74) is 5.96. The number of carbonyl (C=O) groups excluding carboxylic acids is 3. The van der Waals surface area contributed by atoms with Gasteiger partial charge in [-0.05, 0) is 18.2 Å². The number of anilines is 1. The van der Waals surface area contributed by atoms with E-state index < -0.39 is 24.3 Å². The number of Topliss-reactive ketones (excluding diaryl/α,β-unsaturated/α-hetero) is 1. The van der Waals surface area contributed by atoms with Crippen molar-refractivity contribution in [2.24, 2.45) is 11.7 Å². The number of nitriles is 1. The second kappa shape index (κ2) is 6.98. The predicted octanol–water partition coefficient (Wildman–Crippen LogP) is 1.07. The predicted molar refractivity (Wildman–Crippen MR) is 83.5 cm³/mol. The van der Waals surface area contributed by atoms with Gasteiger partial charge >= 0.3 is 5.97 Å². The molecule has 1 amide bonds. The lowest BCUT2D eigenvalue weighted by Crippen LogP contribution is -2.25. The zero-order valence-corrected chi connectivity index (χ0v) is 12.8. The van der Waals surface area contributed by atoms with E-state index in [1.807, 2.05) is 0 Å². The minimum Gasteiger partial charge on any atom is -0.454 e. The second-order valence-corrected chi connectivity index (χ2v) is 5.74. The van der Waals surface area contributed by atoms with Gasteiger partial charge in [-0.15, -0.1) is 11.8 Å². The van der Waals surface area contributed by atoms with E-state index in [2.05, 4.69) is 11.9 Å². The summed E-state index contributed by atoms with van der Waals surface area (Å²) in [6.07, 6.45) is 0. The molecule has 0 aliphatic carbocycles. The summed E-state index contributed by atoms with van der Waals surface area (Å²) in [5.74, 6) is -2.41. The normalized spacial score (nSPS) is 14.0. The Kier molecular flexibility index (Phi) is 5.03. The number of nitrogens with one attached hydrogen (secondary N) is 1. The highest BCUT2D eigenvalue weighted by atomic mass is 32.2. The molecule has 0 fully saturated rings. The molecule has 0 spiro atoms. The minimum atomic E-state index is -1.21. The lowest BCUT2D eigenvalue weighted by molar-refractivity contribution is -0.123. The van der Waals surface area contributed by atoms with Crippen LogP contribution in [0.15, 0.2) is 35.4 Å². The number of nitrogens with two attached hydrogens (primary N) is 1. The first-order valence-corrected chi connectivity index (χ1v) is 7.51. The van der Waals surface area contributed by atoms with Gasteiger partial charge in [0.25, 0.3) is 0 Å². The van der Waals surface area contributed by atoms with Crippen molar-refractivity contribution in [3.63, 3.8) is 0 Å². The van der Waals surface area contributed by atoms with Crippen molar-refractivity contribution in [1.82, 2.24) is 0 Å². The summed E-state index contributed by atoms with van der Waals surface area (Å²) in [6, 6.07) is 6.41. The van der Waals surface area contributed by atoms with Crippen LogP contribution in [0.25, 0.3) is 0 Å². The topological polar surface area (TPSA) is 122 Å². The maximum absolute atomic E-state index is 12.0. The van der Waals surface area contributed by atoms with Gasteiger partial charge in [-0.1, -0.05) is 6.58 Å². The summed E-state index contributed by atoms with van der Waals surface area (Å²) in [6.45, 7) is 2.76. The number of esters is 1. The van der Waals surface area contributed by atoms with Crippen molar-refractivity contribution in [3.05, 3.63) is 36.0 Å². The zero-order chi connectivity index (χ0) is 17.0. The van der Waals surface area contributed by atoms with E-state index >= 15 is 0 Å². The van der Waals surface area contributed by atoms with Crippen molar-refractivity contribution in [3.8, 4) is 6.07 Å². The third kappa shape index (κ3) is 3.90. The molecule has 0 unspecified atom stereocenters. The Labute approximate surface area is 136 Å². The fourth-order valence-electron chi connectivity index (χ4n) is 1.88. The number of rotatable bonds is 5. The van der Waals surface area contributed by atoms with Gasteiger partial charge in [0.05, 0.1) is 23.1 Å². The molecule has 0 bridgehead atoms. The third-order valence-corrected chi connectivity index (χ3v) is 4.09. The average molecular weight is 331 g/mol. The van der Waals surface area contributed by atoms with Gasteiger partial charge in [-0.25, -0.2) is 4.79 Å². The third-order valence-electron chi connectivity index (χ3n) is 3.02. The van der Waals surface area contributed by atoms with Crippen molar-refractivity contribution < 1.29 is 19.1 Å². The van der Waals surface area contributed by atoms with Crippen LogP contribution in [0.4, 0.5) is 5.69 Å². The molecule has 0 saturated carbocycles. The number of hydrogen-bond acceptors (Lipinski definition) is 7. The smallest absolute Gasteiger partial charge is 0.338 e. The van der Waals surface area contributed by atoms with Crippen LogP contribution in [0.5, 0.6) is 0 Å². The van der Waals surface area contributed by atoms with E-state index in [9.17, 15) is 14.4 Å². The number of amides is 1. The Morgan fingerprint density at radius 1 is 1.52 bits per heavy atom. The highest BCUT2D eigenvalue weighted by Gasteiger charge is 2.22. The number of allylic oxidation sites excluding steroid dienone is 1. The van der Waals surface area contributed by atoms with Gasteiger partial charge in [0.2, 0.25) is 5.91 Å². The number of ketones is 1. The first-order valence-electron chi connectivity index (χ1n) is 6.52. The van der Waals surface area contributed by atoms with Gasteiger partial charge in [0.1, 0.15) is 5.92 Å². The summed E-state index contributed by atoms with van der Waals surface area (Å²) in [7, 11) is 0. The molecule has 23 heavy (non-hydrogen) atoms. The van der Waals surface area contributed by atoms with Crippen molar-refractivity contribution in [2.75, 3.05) is 17.7 Å². The minimum absolute atomic E-state index is 0.0953. The molecule has 2 rings (SSSR count). The Morgan fingerprint density at radius 2 is 2.26 bits per heavy atom. The van der Waals surface area contributed by atoms with Crippen LogP contribution in [0, 0.1) is 17.2 Å². The maximum Gasteiger partial charge on any atom is 0.338 e. The molecule has 1 atom stereocenters. The molecular formula is C15H13N3O4S. The number of ether oxygens (including phenoxy) is 1. The second-order valence-electron chi connectivity index (χ2n) is 4.73. The van der Waals surface area contributed by atoms with Crippen LogP contribution in [0.3, 0.4) is 0 Å². The standard InChI is InChI=1S/C15H13N3O4S/c1-8(17)10(5-16)12(19)6-22-15(21)9-2-3-13-11(4-9)18-14(20)7-23-13/h2-4,10H,1,6-7,17H2,(H,18,20)/t10-/m0/s1. The highest BCUT2D eigenvalue weighted by Crippen LogP contribution is 2.32. The summed E-state index contributed by atoms with van der Waals surface area (Å²) in [4.78, 5) is 35.9. The number of carbonyl (C=O) groups is 3. The molecule has 118 valence electrons. The first-order chi connectivity index (χ1) is 10.9. The van der Waals surface area contributed by atoms with Gasteiger partial charge in [-0.2, -0.15) is 5.26 Å². The fraction of sp³-hybridized carbons (Fsp3) is 0.200. The van der Waals surface area contributed by atoms with Crippen molar-refractivity contribution in [1.29, 1.82) is 5.26 Å². The van der Waals surface area contributed by atoms with E-state index in [1.165, 1.54) is 17.8 Å². The van der Waals surface area contributed by atoms with Gasteiger partial charge in [0.15, 0.2) is 12.4 Å². The van der Waals surface area contributed by atoms with Crippen LogP contribution in [-0.2, 0) is 14.3 Å². The van der Waals surface area contributed by atoms with Gasteiger partial charge < -0.3 is 15.8 Å². The molecular weight excluding hydrogens is 318 g/mol. The zero-order valence-electron chi connectivity index (χ0n) is 12.0. The molecule has 0 saturated heterocycles. The van der Waals surface area contributed by atoms with Crippen molar-refractivity contribution in [2.45, 2.75) is 4.90 Å². The number of benzene rings is 1. The molecule has 7 nitrogen and oxygen atoms in total. The number of nitrogens with zero attached hydrogens (tertiary/aromatic N) is 1. The van der Waals surface area contributed by atoms with Crippen LogP contribution < -0.4 is 11.1 Å². The van der Waals surface area contributed by atoms with Crippen LogP contribution in [0.1, 0.15) is 10.4 Å². The van der Waals surface area contributed by atoms with E-state index in [-0.39, 0.29) is 17.2 Å². The molecule has 8 heteroatoms. The number of hydrogen-bond donors (Lipinski definition) is 2. The average Bonchev–Trinajstić information content (AvgIpc) is 2.52. The van der Waals surface area contributed by atoms with Crippen LogP contribution >= 0.6 is 11.8 Å². The summed E-state index contributed by atoms with van der Waals surface area (Å²) >= 11 is 1.37. The van der Waals surface area contributed by atoms with E-state index in [0.29, 0.717) is 11.4 Å².